The molecule has 0 spiro atoms. The van der Waals surface area contributed by atoms with Gasteiger partial charge in [-0.2, -0.15) is 0 Å². The normalized spacial score (nSPS) is 12.0. The highest BCUT2D eigenvalue weighted by Gasteiger charge is 2.16. The van der Waals surface area contributed by atoms with E-state index in [0.717, 1.165) is 10.5 Å². The molecule has 2 aromatic carbocycles. The van der Waals surface area contributed by atoms with Gasteiger partial charge in [0.15, 0.2) is 12.2 Å². The number of guanidine groups is 1. The SMILES string of the molecule is CCN(C=O)C(=O)NC(=Nc1ccc(O/C(N)=C/C=C(\N)C=O)cc1)N(C)Cc1ccc(F)cc1. The minimum atomic E-state index is -0.646. The Morgan fingerprint density at radius 1 is 1.09 bits per heavy atom. The van der Waals surface area contributed by atoms with E-state index in [0.29, 0.717) is 30.7 Å². The molecule has 0 aliphatic rings. The number of halogens is 1. The average molecular weight is 483 g/mol. The molecule has 0 bridgehead atoms. The van der Waals surface area contributed by atoms with E-state index >= 15 is 0 Å². The molecule has 0 heterocycles. The van der Waals surface area contributed by atoms with Crippen LogP contribution < -0.4 is 21.5 Å². The third-order valence-corrected chi connectivity index (χ3v) is 4.53. The minimum absolute atomic E-state index is 0.00298. The van der Waals surface area contributed by atoms with Gasteiger partial charge in [0, 0.05) is 26.2 Å². The van der Waals surface area contributed by atoms with Crippen molar-refractivity contribution in [3.63, 3.8) is 0 Å². The molecule has 0 aliphatic heterocycles. The first-order chi connectivity index (χ1) is 16.7. The van der Waals surface area contributed by atoms with Gasteiger partial charge in [0.25, 0.3) is 0 Å². The summed E-state index contributed by atoms with van der Waals surface area (Å²) in [7, 11) is 1.70. The van der Waals surface area contributed by atoms with Crippen molar-refractivity contribution in [3.05, 3.63) is 83.6 Å². The number of carbonyl (C=O) groups is 3. The number of allylic oxidation sites excluding steroid dienone is 3. The third-order valence-electron chi connectivity index (χ3n) is 4.53. The van der Waals surface area contributed by atoms with Crippen molar-refractivity contribution in [3.8, 4) is 5.75 Å². The molecule has 0 aromatic heterocycles. The van der Waals surface area contributed by atoms with Gasteiger partial charge < -0.3 is 21.1 Å². The summed E-state index contributed by atoms with van der Waals surface area (Å²) < 4.78 is 18.7. The molecule has 3 amide bonds. The Bertz CT molecular complexity index is 1110. The summed E-state index contributed by atoms with van der Waals surface area (Å²) in [6.45, 7) is 2.15. The summed E-state index contributed by atoms with van der Waals surface area (Å²) in [5.41, 5.74) is 12.4. The van der Waals surface area contributed by atoms with Crippen molar-refractivity contribution < 1.29 is 23.5 Å². The lowest BCUT2D eigenvalue weighted by molar-refractivity contribution is -0.115. The van der Waals surface area contributed by atoms with E-state index in [-0.39, 0.29) is 29.9 Å². The summed E-state index contributed by atoms with van der Waals surface area (Å²) >= 11 is 0. The fraction of sp³-hybridized carbons (Fsp3) is 0.167. The highest BCUT2D eigenvalue weighted by atomic mass is 19.1. The molecule has 0 saturated carbocycles. The number of ether oxygens (including phenoxy) is 1. The van der Waals surface area contributed by atoms with E-state index < -0.39 is 6.03 Å². The molecule has 0 aliphatic carbocycles. The first-order valence-corrected chi connectivity index (χ1v) is 10.5. The number of rotatable bonds is 9. The van der Waals surface area contributed by atoms with E-state index in [1.165, 1.54) is 24.3 Å². The Morgan fingerprint density at radius 3 is 2.31 bits per heavy atom. The maximum Gasteiger partial charge on any atom is 0.330 e. The Morgan fingerprint density at radius 2 is 1.74 bits per heavy atom. The Balaban J connectivity index is 2.25. The summed E-state index contributed by atoms with van der Waals surface area (Å²) in [5.74, 6) is 0.233. The smallest absolute Gasteiger partial charge is 0.330 e. The van der Waals surface area contributed by atoms with E-state index in [9.17, 15) is 18.8 Å². The highest BCUT2D eigenvalue weighted by molar-refractivity contribution is 6.00. The number of imide groups is 1. The van der Waals surface area contributed by atoms with Crippen LogP contribution in [0.25, 0.3) is 0 Å². The van der Waals surface area contributed by atoms with Crippen LogP contribution in [0.3, 0.4) is 0 Å². The van der Waals surface area contributed by atoms with Gasteiger partial charge in [-0.15, -0.1) is 0 Å². The van der Waals surface area contributed by atoms with E-state index in [4.69, 9.17) is 16.2 Å². The lowest BCUT2D eigenvalue weighted by atomic mass is 10.2. The molecule has 10 nitrogen and oxygen atoms in total. The summed E-state index contributed by atoms with van der Waals surface area (Å²) in [4.78, 5) is 41.2. The van der Waals surface area contributed by atoms with Crippen molar-refractivity contribution in [1.29, 1.82) is 0 Å². The highest BCUT2D eigenvalue weighted by Crippen LogP contribution is 2.20. The molecule has 2 aromatic rings. The average Bonchev–Trinajstić information content (AvgIpc) is 2.85. The van der Waals surface area contributed by atoms with Crippen molar-refractivity contribution in [2.24, 2.45) is 16.5 Å². The van der Waals surface area contributed by atoms with E-state index in [1.54, 1.807) is 55.3 Å². The molecule has 184 valence electrons. The number of aliphatic imine (C=N–C) groups is 1. The number of hydrogen-bond acceptors (Lipinski definition) is 7. The summed E-state index contributed by atoms with van der Waals surface area (Å²) in [6, 6.07) is 11.8. The van der Waals surface area contributed by atoms with Crippen molar-refractivity contribution >= 4 is 30.4 Å². The third kappa shape index (κ3) is 8.65. The fourth-order valence-corrected chi connectivity index (χ4v) is 2.68. The van der Waals surface area contributed by atoms with Gasteiger partial charge in [0.05, 0.1) is 11.4 Å². The first-order valence-electron chi connectivity index (χ1n) is 10.5. The van der Waals surface area contributed by atoms with E-state index in [1.807, 2.05) is 0 Å². The standard InChI is InChI=1S/C24H27FN6O4/c1-3-31(16-33)24(34)29-23(30(2)14-17-4-6-18(25)7-5-17)28-20-9-11-21(12-10-20)35-22(27)13-8-19(26)15-32/h4-13,15-16H,3,14,26-27H2,1-2H3,(H,28,29,34)/b19-8-,22-13+. The number of nitrogens with two attached hydrogens (primary N) is 2. The van der Waals surface area contributed by atoms with Gasteiger partial charge in [-0.25, -0.2) is 14.2 Å². The number of benzene rings is 2. The quantitative estimate of drug-likeness (QED) is 0.124. The van der Waals surface area contributed by atoms with Gasteiger partial charge in [-0.05, 0) is 55.0 Å². The first kappa shape index (κ1) is 26.6. The Hall–Kier alpha value is -4.67. The summed E-state index contributed by atoms with van der Waals surface area (Å²) in [5, 5.41) is 2.63. The Labute approximate surface area is 202 Å². The van der Waals surface area contributed by atoms with Gasteiger partial charge >= 0.3 is 6.03 Å². The van der Waals surface area contributed by atoms with Gasteiger partial charge in [0.1, 0.15) is 11.6 Å². The van der Waals surface area contributed by atoms with E-state index in [2.05, 4.69) is 10.3 Å². The van der Waals surface area contributed by atoms with Crippen LogP contribution in [0.1, 0.15) is 12.5 Å². The second-order valence-electron chi connectivity index (χ2n) is 7.19. The molecule has 35 heavy (non-hydrogen) atoms. The number of urea groups is 1. The minimum Gasteiger partial charge on any atom is -0.442 e. The summed E-state index contributed by atoms with van der Waals surface area (Å²) in [6.07, 6.45) is 3.57. The van der Waals surface area contributed by atoms with Crippen LogP contribution in [0.4, 0.5) is 14.9 Å². The van der Waals surface area contributed by atoms with Crippen LogP contribution in [0.2, 0.25) is 0 Å². The van der Waals surface area contributed by atoms with Crippen molar-refractivity contribution in [1.82, 2.24) is 15.1 Å². The zero-order valence-corrected chi connectivity index (χ0v) is 19.3. The number of amides is 3. The molecule has 2 rings (SSSR count). The fourth-order valence-electron chi connectivity index (χ4n) is 2.68. The molecular formula is C24H27FN6O4. The van der Waals surface area contributed by atoms with Crippen LogP contribution in [-0.2, 0) is 16.1 Å². The largest absolute Gasteiger partial charge is 0.442 e. The number of hydrogen-bond donors (Lipinski definition) is 3. The maximum atomic E-state index is 13.2. The Kier molecular flexibility index (Phi) is 9.98. The molecule has 0 radical (unpaired) electrons. The van der Waals surface area contributed by atoms with Gasteiger partial charge in [0.2, 0.25) is 12.4 Å². The van der Waals surface area contributed by atoms with Crippen LogP contribution >= 0.6 is 0 Å². The second-order valence-corrected chi connectivity index (χ2v) is 7.19. The molecule has 5 N–H and O–H groups in total. The molecule has 11 heteroatoms. The molecular weight excluding hydrogens is 455 g/mol. The monoisotopic (exact) mass is 482 g/mol. The van der Waals surface area contributed by atoms with Crippen LogP contribution in [0, 0.1) is 5.82 Å². The number of nitrogens with one attached hydrogen (secondary N) is 1. The lowest BCUT2D eigenvalue weighted by Crippen LogP contribution is -2.47. The zero-order chi connectivity index (χ0) is 25.8. The number of carbonyl (C=O) groups excluding carboxylic acids is 3. The molecule has 0 saturated heterocycles. The predicted octanol–water partition coefficient (Wildman–Crippen LogP) is 2.35. The molecule has 0 fully saturated rings. The van der Waals surface area contributed by atoms with Crippen LogP contribution in [0.5, 0.6) is 5.75 Å². The topological polar surface area (TPSA) is 143 Å². The van der Waals surface area contributed by atoms with Crippen LogP contribution in [-0.4, -0.2) is 48.1 Å². The van der Waals surface area contributed by atoms with Crippen LogP contribution in [0.15, 0.2) is 77.3 Å². The number of aldehydes is 1. The lowest BCUT2D eigenvalue weighted by Gasteiger charge is -2.23. The predicted molar refractivity (Wildman–Crippen MR) is 130 cm³/mol. The number of nitrogens with zero attached hydrogens (tertiary/aromatic N) is 3. The molecule has 0 atom stereocenters. The second kappa shape index (κ2) is 13.1. The van der Waals surface area contributed by atoms with Crippen molar-refractivity contribution in [2.45, 2.75) is 13.5 Å². The van der Waals surface area contributed by atoms with Gasteiger partial charge in [-0.1, -0.05) is 12.1 Å². The zero-order valence-electron chi connectivity index (χ0n) is 19.3. The molecule has 0 unspecified atom stereocenters. The maximum absolute atomic E-state index is 13.2. The van der Waals surface area contributed by atoms with Crippen molar-refractivity contribution in [2.75, 3.05) is 13.6 Å². The van der Waals surface area contributed by atoms with Gasteiger partial charge in [-0.3, -0.25) is 19.8 Å².